The van der Waals surface area contributed by atoms with Crippen LogP contribution in [0.5, 0.6) is 0 Å². The van der Waals surface area contributed by atoms with Crippen molar-refractivity contribution < 1.29 is 4.74 Å². The summed E-state index contributed by atoms with van der Waals surface area (Å²) in [7, 11) is 1.76. The first-order valence-electron chi connectivity index (χ1n) is 6.04. The SMILES string of the molecule is COCC(C)C(CN)N1CC(C)CC1C. The standard InChI is InChI=1S/C12H26N2O/c1-9-5-11(3)14(7-9)12(6-13)10(2)8-15-4/h9-12H,5-8,13H2,1-4H3. The molecule has 0 radical (unpaired) electrons. The Hall–Kier alpha value is -0.120. The van der Waals surface area contributed by atoms with Crippen LogP contribution in [0.1, 0.15) is 27.2 Å². The molecule has 0 bridgehead atoms. The molecule has 4 unspecified atom stereocenters. The van der Waals surface area contributed by atoms with Crippen LogP contribution >= 0.6 is 0 Å². The Labute approximate surface area is 94.0 Å². The van der Waals surface area contributed by atoms with Crippen molar-refractivity contribution in [1.82, 2.24) is 4.90 Å². The molecular formula is C12H26N2O. The first kappa shape index (κ1) is 12.9. The number of methoxy groups -OCH3 is 1. The number of ether oxygens (including phenoxy) is 1. The molecule has 0 aromatic heterocycles. The van der Waals surface area contributed by atoms with E-state index >= 15 is 0 Å². The van der Waals surface area contributed by atoms with Gasteiger partial charge in [0, 0.05) is 32.3 Å². The van der Waals surface area contributed by atoms with Crippen LogP contribution in [0.4, 0.5) is 0 Å². The van der Waals surface area contributed by atoms with E-state index < -0.39 is 0 Å². The van der Waals surface area contributed by atoms with Crippen molar-refractivity contribution in [2.24, 2.45) is 17.6 Å². The van der Waals surface area contributed by atoms with E-state index in [0.29, 0.717) is 18.0 Å². The molecule has 4 atom stereocenters. The molecule has 1 fully saturated rings. The van der Waals surface area contributed by atoms with Gasteiger partial charge in [-0.1, -0.05) is 13.8 Å². The fourth-order valence-electron chi connectivity index (χ4n) is 2.86. The van der Waals surface area contributed by atoms with Crippen LogP contribution < -0.4 is 5.73 Å². The molecule has 0 aliphatic carbocycles. The zero-order valence-corrected chi connectivity index (χ0v) is 10.6. The number of likely N-dealkylation sites (tertiary alicyclic amines) is 1. The summed E-state index contributed by atoms with van der Waals surface area (Å²) in [5.74, 6) is 1.33. The molecule has 3 nitrogen and oxygen atoms in total. The Morgan fingerprint density at radius 1 is 1.47 bits per heavy atom. The Morgan fingerprint density at radius 2 is 2.13 bits per heavy atom. The van der Waals surface area contributed by atoms with Gasteiger partial charge in [0.2, 0.25) is 0 Å². The average Bonchev–Trinajstić information content (AvgIpc) is 2.47. The highest BCUT2D eigenvalue weighted by Crippen LogP contribution is 2.27. The monoisotopic (exact) mass is 214 g/mol. The van der Waals surface area contributed by atoms with Crippen LogP contribution in [0.3, 0.4) is 0 Å². The number of nitrogens with two attached hydrogens (primary N) is 1. The predicted octanol–water partition coefficient (Wildman–Crippen LogP) is 1.33. The van der Waals surface area contributed by atoms with Gasteiger partial charge in [-0.3, -0.25) is 4.90 Å². The molecule has 1 heterocycles. The fourth-order valence-corrected chi connectivity index (χ4v) is 2.86. The third kappa shape index (κ3) is 3.16. The first-order chi connectivity index (χ1) is 7.10. The Balaban J connectivity index is 2.57. The van der Waals surface area contributed by atoms with Crippen LogP contribution in [0, 0.1) is 11.8 Å². The topological polar surface area (TPSA) is 38.5 Å². The summed E-state index contributed by atoms with van der Waals surface area (Å²) in [5.41, 5.74) is 5.89. The van der Waals surface area contributed by atoms with Gasteiger partial charge in [-0.25, -0.2) is 0 Å². The van der Waals surface area contributed by atoms with Crippen molar-refractivity contribution in [3.8, 4) is 0 Å². The Kier molecular flexibility index (Phi) is 5.03. The van der Waals surface area contributed by atoms with E-state index in [9.17, 15) is 0 Å². The molecule has 0 saturated carbocycles. The van der Waals surface area contributed by atoms with E-state index in [1.165, 1.54) is 13.0 Å². The molecule has 0 aromatic rings. The van der Waals surface area contributed by atoms with Crippen molar-refractivity contribution in [2.75, 3.05) is 26.8 Å². The summed E-state index contributed by atoms with van der Waals surface area (Å²) in [6, 6.07) is 1.15. The first-order valence-corrected chi connectivity index (χ1v) is 6.04. The Bertz CT molecular complexity index is 186. The smallest absolute Gasteiger partial charge is 0.0503 e. The number of hydrogen-bond donors (Lipinski definition) is 1. The highest BCUT2D eigenvalue weighted by molar-refractivity contribution is 4.88. The van der Waals surface area contributed by atoms with E-state index in [1.807, 2.05) is 0 Å². The summed E-state index contributed by atoms with van der Waals surface area (Å²) in [6.07, 6.45) is 1.30. The van der Waals surface area contributed by atoms with E-state index in [4.69, 9.17) is 10.5 Å². The molecule has 90 valence electrons. The summed E-state index contributed by atoms with van der Waals surface area (Å²) < 4.78 is 5.23. The highest BCUT2D eigenvalue weighted by atomic mass is 16.5. The maximum absolute atomic E-state index is 5.89. The Morgan fingerprint density at radius 3 is 2.53 bits per heavy atom. The van der Waals surface area contributed by atoms with Crippen molar-refractivity contribution in [3.05, 3.63) is 0 Å². The minimum Gasteiger partial charge on any atom is -0.384 e. The van der Waals surface area contributed by atoms with E-state index in [-0.39, 0.29) is 0 Å². The predicted molar refractivity (Wildman–Crippen MR) is 63.8 cm³/mol. The summed E-state index contributed by atoms with van der Waals surface area (Å²) in [6.45, 7) is 9.60. The number of nitrogens with zero attached hydrogens (tertiary/aromatic N) is 1. The van der Waals surface area contributed by atoms with Crippen molar-refractivity contribution >= 4 is 0 Å². The fraction of sp³-hybridized carbons (Fsp3) is 1.00. The molecule has 1 aliphatic heterocycles. The second-order valence-corrected chi connectivity index (χ2v) is 5.12. The lowest BCUT2D eigenvalue weighted by Crippen LogP contribution is -2.47. The number of hydrogen-bond acceptors (Lipinski definition) is 3. The van der Waals surface area contributed by atoms with Crippen molar-refractivity contribution in [1.29, 1.82) is 0 Å². The minimum absolute atomic E-state index is 0.477. The van der Waals surface area contributed by atoms with E-state index in [1.54, 1.807) is 7.11 Å². The molecule has 1 aliphatic rings. The van der Waals surface area contributed by atoms with Gasteiger partial charge in [0.1, 0.15) is 0 Å². The molecule has 3 heteroatoms. The maximum atomic E-state index is 5.89. The molecule has 15 heavy (non-hydrogen) atoms. The quantitative estimate of drug-likeness (QED) is 0.750. The molecule has 2 N–H and O–H groups in total. The molecule has 0 amide bonds. The second kappa shape index (κ2) is 5.83. The number of rotatable bonds is 5. The normalized spacial score (nSPS) is 31.8. The molecular weight excluding hydrogens is 188 g/mol. The minimum atomic E-state index is 0.477. The zero-order chi connectivity index (χ0) is 11.4. The second-order valence-electron chi connectivity index (χ2n) is 5.12. The van der Waals surface area contributed by atoms with Gasteiger partial charge >= 0.3 is 0 Å². The van der Waals surface area contributed by atoms with Crippen LogP contribution in [0.25, 0.3) is 0 Å². The van der Waals surface area contributed by atoms with Crippen molar-refractivity contribution in [2.45, 2.75) is 39.3 Å². The zero-order valence-electron chi connectivity index (χ0n) is 10.6. The van der Waals surface area contributed by atoms with E-state index in [0.717, 1.165) is 19.1 Å². The molecule has 0 aromatic carbocycles. The van der Waals surface area contributed by atoms with Gasteiger partial charge in [0.05, 0.1) is 6.61 Å². The van der Waals surface area contributed by atoms with Crippen LogP contribution in [-0.2, 0) is 4.74 Å². The summed E-state index contributed by atoms with van der Waals surface area (Å²) in [5, 5.41) is 0. The third-order valence-electron chi connectivity index (χ3n) is 3.59. The largest absolute Gasteiger partial charge is 0.384 e. The lowest BCUT2D eigenvalue weighted by Gasteiger charge is -2.34. The van der Waals surface area contributed by atoms with Gasteiger partial charge in [-0.05, 0) is 25.2 Å². The third-order valence-corrected chi connectivity index (χ3v) is 3.59. The van der Waals surface area contributed by atoms with Gasteiger partial charge in [0.25, 0.3) is 0 Å². The van der Waals surface area contributed by atoms with Crippen LogP contribution in [0.15, 0.2) is 0 Å². The average molecular weight is 214 g/mol. The lowest BCUT2D eigenvalue weighted by atomic mass is 10.0. The van der Waals surface area contributed by atoms with Crippen LogP contribution in [-0.4, -0.2) is 43.8 Å². The molecule has 0 spiro atoms. The van der Waals surface area contributed by atoms with Crippen molar-refractivity contribution in [3.63, 3.8) is 0 Å². The van der Waals surface area contributed by atoms with Gasteiger partial charge in [-0.2, -0.15) is 0 Å². The highest BCUT2D eigenvalue weighted by Gasteiger charge is 2.33. The maximum Gasteiger partial charge on any atom is 0.0503 e. The summed E-state index contributed by atoms with van der Waals surface area (Å²) in [4.78, 5) is 2.56. The van der Waals surface area contributed by atoms with Gasteiger partial charge in [-0.15, -0.1) is 0 Å². The van der Waals surface area contributed by atoms with Gasteiger partial charge < -0.3 is 10.5 Å². The lowest BCUT2D eigenvalue weighted by molar-refractivity contribution is 0.0804. The summed E-state index contributed by atoms with van der Waals surface area (Å²) >= 11 is 0. The molecule has 1 saturated heterocycles. The molecule has 1 rings (SSSR count). The van der Waals surface area contributed by atoms with E-state index in [2.05, 4.69) is 25.7 Å². The van der Waals surface area contributed by atoms with Crippen LogP contribution in [0.2, 0.25) is 0 Å². The van der Waals surface area contributed by atoms with Gasteiger partial charge in [0.15, 0.2) is 0 Å².